The van der Waals surface area contributed by atoms with Crippen LogP contribution in [0.3, 0.4) is 0 Å². The Kier molecular flexibility index (Phi) is 5.70. The summed E-state index contributed by atoms with van der Waals surface area (Å²) in [4.78, 5) is 22.1. The molecule has 2 aromatic heterocycles. The number of hydrogen-bond acceptors (Lipinski definition) is 8. The summed E-state index contributed by atoms with van der Waals surface area (Å²) in [6, 6.07) is -0.698. The van der Waals surface area contributed by atoms with Crippen molar-refractivity contribution in [1.82, 2.24) is 9.97 Å². The van der Waals surface area contributed by atoms with Gasteiger partial charge in [0.25, 0.3) is 0 Å². The number of urea groups is 1. The number of nitrogens with one attached hydrogen (secondary N) is 1. The van der Waals surface area contributed by atoms with Gasteiger partial charge in [0.15, 0.2) is 0 Å². The zero-order valence-electron chi connectivity index (χ0n) is 18.1. The van der Waals surface area contributed by atoms with Crippen molar-refractivity contribution < 1.29 is 19.2 Å². The van der Waals surface area contributed by atoms with Crippen LogP contribution in [0.2, 0.25) is 0 Å². The first-order valence-electron chi connectivity index (χ1n) is 10.3. The van der Waals surface area contributed by atoms with E-state index in [4.69, 9.17) is 4.98 Å². The fraction of sp³-hybridized carbons (Fsp3) is 0.571. The number of fused-ring (bicyclic) bond motifs is 2. The van der Waals surface area contributed by atoms with Crippen LogP contribution in [0.5, 0.6) is 0 Å². The minimum atomic E-state index is -2.04. The zero-order valence-corrected chi connectivity index (χ0v) is 19.7. The molecule has 2 aliphatic carbocycles. The van der Waals surface area contributed by atoms with E-state index in [0.717, 1.165) is 71.6 Å². The first-order valence-corrected chi connectivity index (χ1v) is 12.3. The lowest BCUT2D eigenvalue weighted by atomic mass is 9.90. The van der Waals surface area contributed by atoms with Crippen LogP contribution in [-0.2, 0) is 51.7 Å². The number of aliphatic hydroxyl groups is 2. The molecule has 8 nitrogen and oxygen atoms in total. The molecule has 0 aromatic carbocycles. The predicted octanol–water partition coefficient (Wildman–Crippen LogP) is 3.71. The number of carbonyl (C=O) groups excluding carboxylic acids is 1. The summed E-state index contributed by atoms with van der Waals surface area (Å²) >= 11 is 0.982. The molecule has 0 saturated carbocycles. The van der Waals surface area contributed by atoms with Crippen molar-refractivity contribution in [3.63, 3.8) is 0 Å². The number of carbonyl (C=O) groups is 1. The number of rotatable bonds is 4. The van der Waals surface area contributed by atoms with E-state index in [9.17, 15) is 19.2 Å². The molecule has 2 amide bonds. The van der Waals surface area contributed by atoms with E-state index in [1.807, 2.05) is 0 Å². The van der Waals surface area contributed by atoms with Crippen molar-refractivity contribution >= 4 is 33.7 Å². The van der Waals surface area contributed by atoms with Crippen LogP contribution in [-0.4, -0.2) is 26.2 Å². The van der Waals surface area contributed by atoms with E-state index in [0.29, 0.717) is 4.88 Å². The lowest BCUT2D eigenvalue weighted by Gasteiger charge is -2.20. The molecule has 0 radical (unpaired) electrons. The molecule has 2 heterocycles. The molecule has 31 heavy (non-hydrogen) atoms. The Balaban J connectivity index is 1.65. The van der Waals surface area contributed by atoms with Gasteiger partial charge in [0, 0.05) is 15.4 Å². The molecule has 0 fully saturated rings. The second kappa shape index (κ2) is 7.91. The van der Waals surface area contributed by atoms with Gasteiger partial charge in [0.2, 0.25) is 0 Å². The van der Waals surface area contributed by atoms with Gasteiger partial charge in [-0.1, -0.05) is 13.8 Å². The molecule has 2 aliphatic rings. The van der Waals surface area contributed by atoms with Crippen molar-refractivity contribution in [2.75, 3.05) is 5.32 Å². The van der Waals surface area contributed by atoms with Crippen LogP contribution < -0.4 is 5.32 Å². The molecular weight excluding hydrogens is 436 g/mol. The highest BCUT2D eigenvalue weighted by Gasteiger charge is 2.36. The number of aliphatic hydroxyl groups excluding tert-OH is 1. The molecule has 0 unspecified atom stereocenters. The van der Waals surface area contributed by atoms with Gasteiger partial charge in [-0.05, 0) is 57.1 Å². The molecule has 0 saturated heterocycles. The largest absolute Gasteiger partial charge is 0.437 e. The Morgan fingerprint density at radius 1 is 1.26 bits per heavy atom. The fourth-order valence-electron chi connectivity index (χ4n) is 4.37. The Morgan fingerprint density at radius 3 is 2.65 bits per heavy atom. The highest BCUT2D eigenvalue weighted by Crippen LogP contribution is 2.44. The van der Waals surface area contributed by atoms with Gasteiger partial charge in [-0.25, -0.2) is 4.79 Å². The number of anilines is 1. The number of pyridine rings is 1. The lowest BCUT2D eigenvalue weighted by Crippen LogP contribution is -2.17. The fourth-order valence-corrected chi connectivity index (χ4v) is 6.29. The predicted molar refractivity (Wildman–Crippen MR) is 119 cm³/mol. The highest BCUT2D eigenvalue weighted by atomic mass is 32.2. The number of amides is 2. The van der Waals surface area contributed by atoms with Crippen LogP contribution in [0.15, 0.2) is 8.70 Å². The monoisotopic (exact) mass is 463 g/mol. The SMILES string of the molecule is CC(C)(O)c1sc([S-](=O)=NC(=O)Nc2c3c(nc4c2CCC4(C)C)CCC3)nc1CO. The number of thiazole rings is 1. The number of aromatic nitrogens is 2. The van der Waals surface area contributed by atoms with E-state index in [1.165, 1.54) is 0 Å². The number of aryl methyl sites for hydroxylation is 1. The molecule has 0 atom stereocenters. The summed E-state index contributed by atoms with van der Waals surface area (Å²) in [6.45, 7) is 7.05. The van der Waals surface area contributed by atoms with Crippen molar-refractivity contribution in [1.29, 1.82) is 0 Å². The quantitative estimate of drug-likeness (QED) is 0.594. The first kappa shape index (κ1) is 22.3. The van der Waals surface area contributed by atoms with Gasteiger partial charge in [-0.2, -0.15) is 0 Å². The van der Waals surface area contributed by atoms with Crippen LogP contribution in [0, 0.1) is 0 Å². The second-order valence-corrected chi connectivity index (χ2v) is 11.5. The average molecular weight is 464 g/mol. The van der Waals surface area contributed by atoms with Crippen LogP contribution in [0.1, 0.15) is 73.6 Å². The maximum atomic E-state index is 12.7. The molecular formula is C21H27N4O4S2-. The zero-order chi connectivity index (χ0) is 22.6. The first-order chi connectivity index (χ1) is 14.5. The number of hydrogen-bond donors (Lipinski definition) is 3. The van der Waals surface area contributed by atoms with E-state index in [-0.39, 0.29) is 15.4 Å². The van der Waals surface area contributed by atoms with Gasteiger partial charge in [0.1, 0.15) is 0 Å². The lowest BCUT2D eigenvalue weighted by molar-refractivity contribution is 0.0796. The third-order valence-electron chi connectivity index (χ3n) is 5.90. The third-order valence-corrected chi connectivity index (χ3v) is 8.50. The minimum Gasteiger partial charge on any atom is -0.437 e. The van der Waals surface area contributed by atoms with Crippen LogP contribution >= 0.6 is 11.3 Å². The van der Waals surface area contributed by atoms with E-state index in [1.54, 1.807) is 13.8 Å². The maximum absolute atomic E-state index is 12.7. The van der Waals surface area contributed by atoms with Gasteiger partial charge < -0.3 is 24.1 Å². The molecule has 10 heteroatoms. The van der Waals surface area contributed by atoms with Crippen molar-refractivity contribution in [3.05, 3.63) is 33.1 Å². The summed E-state index contributed by atoms with van der Waals surface area (Å²) < 4.78 is 16.5. The third kappa shape index (κ3) is 4.13. The number of nitrogens with zero attached hydrogens (tertiary/aromatic N) is 3. The van der Waals surface area contributed by atoms with Gasteiger partial charge in [-0.3, -0.25) is 9.97 Å². The highest BCUT2D eigenvalue weighted by molar-refractivity contribution is 7.77. The Bertz CT molecular complexity index is 1140. The topological polar surface area (TPSA) is 125 Å². The summed E-state index contributed by atoms with van der Waals surface area (Å²) in [5.41, 5.74) is 3.92. The van der Waals surface area contributed by atoms with Crippen molar-refractivity contribution in [2.24, 2.45) is 4.36 Å². The molecule has 4 rings (SSSR count). The molecule has 3 N–H and O–H groups in total. The minimum absolute atomic E-state index is 0.0402. The van der Waals surface area contributed by atoms with Crippen LogP contribution in [0.4, 0.5) is 10.5 Å². The van der Waals surface area contributed by atoms with E-state index in [2.05, 4.69) is 28.5 Å². The average Bonchev–Trinajstić information content (AvgIpc) is 3.38. The maximum Gasteiger partial charge on any atom is 0.322 e. The molecule has 0 spiro atoms. The van der Waals surface area contributed by atoms with Gasteiger partial charge >= 0.3 is 6.03 Å². The second-order valence-electron chi connectivity index (χ2n) is 9.22. The van der Waals surface area contributed by atoms with Crippen LogP contribution in [0.25, 0.3) is 0 Å². The molecule has 0 bridgehead atoms. The Hall–Kier alpha value is -1.88. The van der Waals surface area contributed by atoms with Gasteiger partial charge in [0.05, 0.1) is 34.2 Å². The smallest absolute Gasteiger partial charge is 0.322 e. The Morgan fingerprint density at radius 2 is 2.00 bits per heavy atom. The standard InChI is InChI=1S/C21H27N4O4S2/c1-20(2)9-8-12-15(11-6-5-7-13(11)22-16(12)20)24-18(27)25-31(29)19-23-14(10-26)17(30-19)21(3,4)28/h26,28H,5-10H2,1-4H3,(H,22,24,27)/q-1. The normalized spacial score (nSPS) is 18.1. The van der Waals surface area contributed by atoms with E-state index >= 15 is 0 Å². The van der Waals surface area contributed by atoms with E-state index < -0.39 is 28.8 Å². The van der Waals surface area contributed by atoms with Gasteiger partial charge in [-0.15, -0.1) is 21.9 Å². The summed E-state index contributed by atoms with van der Waals surface area (Å²) in [5, 5.41) is 22.6. The van der Waals surface area contributed by atoms with Crippen molar-refractivity contribution in [3.8, 4) is 0 Å². The molecule has 0 aliphatic heterocycles. The Labute approximate surface area is 187 Å². The molecule has 168 valence electrons. The summed E-state index contributed by atoms with van der Waals surface area (Å²) in [5.74, 6) is 0. The summed E-state index contributed by atoms with van der Waals surface area (Å²) in [7, 11) is -2.04. The van der Waals surface area contributed by atoms with Crippen molar-refractivity contribution in [2.45, 2.75) is 81.8 Å². The molecule has 2 aromatic rings. The summed E-state index contributed by atoms with van der Waals surface area (Å²) in [6.07, 6.45) is 4.55.